The van der Waals surface area contributed by atoms with Crippen molar-refractivity contribution in [3.8, 4) is 0 Å². The third-order valence-electron chi connectivity index (χ3n) is 2.89. The van der Waals surface area contributed by atoms with Gasteiger partial charge in [0.25, 0.3) is 0 Å². The van der Waals surface area contributed by atoms with Gasteiger partial charge in [-0.2, -0.15) is 0 Å². The van der Waals surface area contributed by atoms with Gasteiger partial charge in [0.15, 0.2) is 0 Å². The van der Waals surface area contributed by atoms with Crippen LogP contribution in [-0.2, 0) is 0 Å². The minimum Gasteiger partial charge on any atom is -0.393 e. The molecule has 1 aliphatic rings. The molecule has 2 heteroatoms. The molecule has 0 spiro atoms. The summed E-state index contributed by atoms with van der Waals surface area (Å²) < 4.78 is 0. The number of aliphatic hydroxyl groups is 1. The van der Waals surface area contributed by atoms with E-state index >= 15 is 0 Å². The molecule has 0 amide bonds. The smallest absolute Gasteiger partial charge is 0.0571 e. The Labute approximate surface area is 85.8 Å². The summed E-state index contributed by atoms with van der Waals surface area (Å²) >= 11 is 5.62. The summed E-state index contributed by atoms with van der Waals surface area (Å²) in [6.45, 7) is 2.03. The Morgan fingerprint density at radius 2 is 2.08 bits per heavy atom. The SMILES string of the molecule is CC(=CCl)CC1CCCCCC1O. The van der Waals surface area contributed by atoms with Crippen LogP contribution in [0.1, 0.15) is 45.4 Å². The van der Waals surface area contributed by atoms with E-state index in [2.05, 4.69) is 0 Å². The molecule has 2 unspecified atom stereocenters. The van der Waals surface area contributed by atoms with Crippen molar-refractivity contribution < 1.29 is 5.11 Å². The van der Waals surface area contributed by atoms with E-state index in [9.17, 15) is 5.11 Å². The maximum atomic E-state index is 9.82. The van der Waals surface area contributed by atoms with Gasteiger partial charge >= 0.3 is 0 Å². The van der Waals surface area contributed by atoms with Gasteiger partial charge in [0.05, 0.1) is 6.10 Å². The van der Waals surface area contributed by atoms with Gasteiger partial charge in [-0.15, -0.1) is 0 Å². The van der Waals surface area contributed by atoms with Gasteiger partial charge in [-0.3, -0.25) is 0 Å². The maximum Gasteiger partial charge on any atom is 0.0571 e. The maximum absolute atomic E-state index is 9.82. The first-order chi connectivity index (χ1) is 6.24. The average molecular weight is 203 g/mol. The second-order valence-corrected chi connectivity index (χ2v) is 4.34. The quantitative estimate of drug-likeness (QED) is 0.680. The third-order valence-corrected chi connectivity index (χ3v) is 3.26. The van der Waals surface area contributed by atoms with Gasteiger partial charge < -0.3 is 5.11 Å². The summed E-state index contributed by atoms with van der Waals surface area (Å²) in [7, 11) is 0. The van der Waals surface area contributed by atoms with Crippen molar-refractivity contribution in [2.24, 2.45) is 5.92 Å². The lowest BCUT2D eigenvalue weighted by Crippen LogP contribution is -2.18. The largest absolute Gasteiger partial charge is 0.393 e. The summed E-state index contributed by atoms with van der Waals surface area (Å²) in [6.07, 6.45) is 6.71. The first-order valence-corrected chi connectivity index (χ1v) is 5.61. The van der Waals surface area contributed by atoms with Crippen LogP contribution in [0, 0.1) is 5.92 Å². The minimum atomic E-state index is -0.103. The summed E-state index contributed by atoms with van der Waals surface area (Å²) in [5, 5.41) is 9.82. The van der Waals surface area contributed by atoms with Crippen LogP contribution in [0.25, 0.3) is 0 Å². The van der Waals surface area contributed by atoms with Crippen molar-refractivity contribution in [1.29, 1.82) is 0 Å². The molecular formula is C11H19ClO. The van der Waals surface area contributed by atoms with Crippen molar-refractivity contribution in [3.63, 3.8) is 0 Å². The second kappa shape index (κ2) is 5.66. The van der Waals surface area contributed by atoms with E-state index in [1.807, 2.05) is 6.92 Å². The zero-order valence-corrected chi connectivity index (χ0v) is 9.06. The van der Waals surface area contributed by atoms with E-state index in [0.717, 1.165) is 19.3 Å². The summed E-state index contributed by atoms with van der Waals surface area (Å²) in [5.74, 6) is 0.442. The summed E-state index contributed by atoms with van der Waals surface area (Å²) in [6, 6.07) is 0. The van der Waals surface area contributed by atoms with Gasteiger partial charge in [0.1, 0.15) is 0 Å². The number of halogens is 1. The van der Waals surface area contributed by atoms with Gasteiger partial charge in [0.2, 0.25) is 0 Å². The molecule has 0 aliphatic heterocycles. The standard InChI is InChI=1S/C11H19ClO/c1-9(8-12)7-10-5-3-2-4-6-11(10)13/h8,10-11,13H,2-7H2,1H3. The molecule has 2 atom stereocenters. The fourth-order valence-corrected chi connectivity index (χ4v) is 2.15. The highest BCUT2D eigenvalue weighted by molar-refractivity contribution is 6.25. The molecule has 13 heavy (non-hydrogen) atoms. The Morgan fingerprint density at radius 1 is 1.38 bits per heavy atom. The molecule has 0 aromatic carbocycles. The lowest BCUT2D eigenvalue weighted by molar-refractivity contribution is 0.101. The van der Waals surface area contributed by atoms with Crippen molar-refractivity contribution in [1.82, 2.24) is 0 Å². The number of hydrogen-bond acceptors (Lipinski definition) is 1. The predicted octanol–water partition coefficient (Wildman–Crippen LogP) is 3.46. The van der Waals surface area contributed by atoms with Gasteiger partial charge in [-0.1, -0.05) is 36.4 Å². The predicted molar refractivity (Wildman–Crippen MR) is 56.8 cm³/mol. The highest BCUT2D eigenvalue weighted by Crippen LogP contribution is 2.28. The number of hydrogen-bond donors (Lipinski definition) is 1. The van der Waals surface area contributed by atoms with E-state index in [1.54, 1.807) is 5.54 Å². The fourth-order valence-electron chi connectivity index (χ4n) is 2.06. The van der Waals surface area contributed by atoms with Crippen LogP contribution in [0.4, 0.5) is 0 Å². The summed E-state index contributed by atoms with van der Waals surface area (Å²) in [4.78, 5) is 0. The molecule has 1 nitrogen and oxygen atoms in total. The zero-order chi connectivity index (χ0) is 9.68. The summed E-state index contributed by atoms with van der Waals surface area (Å²) in [5.41, 5.74) is 2.82. The van der Waals surface area contributed by atoms with E-state index in [0.29, 0.717) is 5.92 Å². The molecule has 0 saturated heterocycles. The number of allylic oxidation sites excluding steroid dienone is 1. The molecule has 76 valence electrons. The molecule has 0 bridgehead atoms. The van der Waals surface area contributed by atoms with Crippen molar-refractivity contribution in [2.45, 2.75) is 51.6 Å². The first kappa shape index (κ1) is 11.1. The Bertz CT molecular complexity index is 177. The second-order valence-electron chi connectivity index (χ2n) is 4.13. The molecule has 1 N–H and O–H groups in total. The van der Waals surface area contributed by atoms with E-state index in [1.165, 1.54) is 24.8 Å². The lowest BCUT2D eigenvalue weighted by atomic mass is 9.91. The van der Waals surface area contributed by atoms with Crippen LogP contribution in [0.5, 0.6) is 0 Å². The van der Waals surface area contributed by atoms with Crippen molar-refractivity contribution >= 4 is 11.6 Å². The monoisotopic (exact) mass is 202 g/mol. The van der Waals surface area contributed by atoms with Crippen LogP contribution in [0.15, 0.2) is 11.1 Å². The first-order valence-electron chi connectivity index (χ1n) is 5.18. The molecule has 0 heterocycles. The highest BCUT2D eigenvalue weighted by atomic mass is 35.5. The van der Waals surface area contributed by atoms with Crippen LogP contribution < -0.4 is 0 Å². The lowest BCUT2D eigenvalue weighted by Gasteiger charge is -2.20. The highest BCUT2D eigenvalue weighted by Gasteiger charge is 2.21. The fraction of sp³-hybridized carbons (Fsp3) is 0.818. The Hall–Kier alpha value is -0.0100. The molecule has 1 rings (SSSR count). The van der Waals surface area contributed by atoms with E-state index in [-0.39, 0.29) is 6.10 Å². The Morgan fingerprint density at radius 3 is 2.77 bits per heavy atom. The van der Waals surface area contributed by atoms with Crippen LogP contribution in [0.3, 0.4) is 0 Å². The molecule has 1 aliphatic carbocycles. The van der Waals surface area contributed by atoms with Crippen molar-refractivity contribution in [2.75, 3.05) is 0 Å². The Balaban J connectivity index is 2.45. The van der Waals surface area contributed by atoms with Gasteiger partial charge in [-0.25, -0.2) is 0 Å². The molecule has 0 aromatic rings. The molecule has 0 radical (unpaired) electrons. The van der Waals surface area contributed by atoms with Crippen LogP contribution in [0.2, 0.25) is 0 Å². The van der Waals surface area contributed by atoms with Gasteiger partial charge in [-0.05, 0) is 32.1 Å². The third kappa shape index (κ3) is 3.70. The molecule has 1 saturated carbocycles. The zero-order valence-electron chi connectivity index (χ0n) is 8.30. The molecular weight excluding hydrogens is 184 g/mol. The number of aliphatic hydroxyl groups excluding tert-OH is 1. The van der Waals surface area contributed by atoms with Crippen molar-refractivity contribution in [3.05, 3.63) is 11.1 Å². The topological polar surface area (TPSA) is 20.2 Å². The van der Waals surface area contributed by atoms with Crippen LogP contribution in [-0.4, -0.2) is 11.2 Å². The van der Waals surface area contributed by atoms with E-state index in [4.69, 9.17) is 11.6 Å². The van der Waals surface area contributed by atoms with Gasteiger partial charge in [0, 0.05) is 5.54 Å². The average Bonchev–Trinajstić information content (AvgIpc) is 2.32. The molecule has 1 fully saturated rings. The number of rotatable bonds is 2. The minimum absolute atomic E-state index is 0.103. The Kier molecular flexibility index (Phi) is 4.82. The molecule has 0 aromatic heterocycles. The normalized spacial score (nSPS) is 31.5. The van der Waals surface area contributed by atoms with E-state index < -0.39 is 0 Å². The van der Waals surface area contributed by atoms with Crippen LogP contribution >= 0.6 is 11.6 Å².